The van der Waals surface area contributed by atoms with Gasteiger partial charge in [0.05, 0.1) is 14.2 Å². The summed E-state index contributed by atoms with van der Waals surface area (Å²) in [4.78, 5) is 0. The highest BCUT2D eigenvalue weighted by atomic mass is 16.5. The Morgan fingerprint density at radius 3 is 2.53 bits per heavy atom. The van der Waals surface area contributed by atoms with E-state index >= 15 is 0 Å². The van der Waals surface area contributed by atoms with Crippen molar-refractivity contribution in [3.05, 3.63) is 23.8 Å². The van der Waals surface area contributed by atoms with Crippen molar-refractivity contribution in [3.8, 4) is 11.5 Å². The molecule has 0 saturated heterocycles. The smallest absolute Gasteiger partial charge is 0.127 e. The maximum Gasteiger partial charge on any atom is 0.127 e. The summed E-state index contributed by atoms with van der Waals surface area (Å²) in [6, 6.07) is 6.34. The molecule has 1 N–H and O–H groups in total. The molecule has 0 aromatic heterocycles. The second-order valence-corrected chi connectivity index (χ2v) is 4.09. The van der Waals surface area contributed by atoms with Gasteiger partial charge in [-0.3, -0.25) is 0 Å². The highest BCUT2D eigenvalue weighted by molar-refractivity contribution is 5.42. The molecule has 0 aliphatic heterocycles. The maximum absolute atomic E-state index is 5.43. The number of ether oxygens (including phenoxy) is 2. The lowest BCUT2D eigenvalue weighted by Gasteiger charge is -2.19. The van der Waals surface area contributed by atoms with Crippen molar-refractivity contribution in [3.63, 3.8) is 0 Å². The SMILES string of the molecule is CCCCC(NC)c1ccc(OC)cc1OC. The number of unbranched alkanes of at least 4 members (excludes halogenated alkanes) is 1. The molecule has 0 heterocycles. The van der Waals surface area contributed by atoms with E-state index in [9.17, 15) is 0 Å². The Kier molecular flexibility index (Phi) is 5.84. The van der Waals surface area contributed by atoms with Crippen molar-refractivity contribution in [2.24, 2.45) is 0 Å². The number of hydrogen-bond acceptors (Lipinski definition) is 3. The monoisotopic (exact) mass is 237 g/mol. The Balaban J connectivity index is 2.93. The van der Waals surface area contributed by atoms with E-state index in [-0.39, 0.29) is 0 Å². The Hall–Kier alpha value is -1.22. The molecule has 0 aliphatic rings. The van der Waals surface area contributed by atoms with Crippen LogP contribution in [-0.2, 0) is 0 Å². The van der Waals surface area contributed by atoms with E-state index in [0.29, 0.717) is 6.04 Å². The molecule has 1 unspecified atom stereocenters. The van der Waals surface area contributed by atoms with E-state index in [1.807, 2.05) is 19.2 Å². The topological polar surface area (TPSA) is 30.5 Å². The van der Waals surface area contributed by atoms with Crippen molar-refractivity contribution < 1.29 is 9.47 Å². The van der Waals surface area contributed by atoms with Crippen molar-refractivity contribution in [1.82, 2.24) is 5.32 Å². The predicted molar refractivity (Wildman–Crippen MR) is 70.9 cm³/mol. The first kappa shape index (κ1) is 13.8. The fourth-order valence-corrected chi connectivity index (χ4v) is 1.97. The van der Waals surface area contributed by atoms with Crippen LogP contribution in [0.2, 0.25) is 0 Å². The van der Waals surface area contributed by atoms with Gasteiger partial charge in [-0.1, -0.05) is 25.8 Å². The number of hydrogen-bond donors (Lipinski definition) is 1. The van der Waals surface area contributed by atoms with E-state index in [2.05, 4.69) is 18.3 Å². The van der Waals surface area contributed by atoms with Gasteiger partial charge in [0, 0.05) is 17.7 Å². The number of rotatable bonds is 7. The molecule has 0 saturated carbocycles. The number of methoxy groups -OCH3 is 2. The van der Waals surface area contributed by atoms with E-state index in [1.54, 1.807) is 14.2 Å². The molecule has 3 heteroatoms. The van der Waals surface area contributed by atoms with Gasteiger partial charge in [0.1, 0.15) is 11.5 Å². The third kappa shape index (κ3) is 3.63. The second kappa shape index (κ2) is 7.17. The molecule has 3 nitrogen and oxygen atoms in total. The van der Waals surface area contributed by atoms with Crippen molar-refractivity contribution in [2.75, 3.05) is 21.3 Å². The first-order valence-electron chi connectivity index (χ1n) is 6.16. The number of benzene rings is 1. The van der Waals surface area contributed by atoms with Gasteiger partial charge in [-0.05, 0) is 19.5 Å². The minimum atomic E-state index is 0.343. The summed E-state index contributed by atoms with van der Waals surface area (Å²) in [6.45, 7) is 2.21. The zero-order valence-corrected chi connectivity index (χ0v) is 11.2. The van der Waals surface area contributed by atoms with E-state index in [1.165, 1.54) is 18.4 Å². The van der Waals surface area contributed by atoms with Crippen LogP contribution in [0.3, 0.4) is 0 Å². The van der Waals surface area contributed by atoms with Gasteiger partial charge >= 0.3 is 0 Å². The van der Waals surface area contributed by atoms with Crippen molar-refractivity contribution in [2.45, 2.75) is 32.2 Å². The molecule has 0 spiro atoms. The second-order valence-electron chi connectivity index (χ2n) is 4.09. The van der Waals surface area contributed by atoms with E-state index in [4.69, 9.17) is 9.47 Å². The van der Waals surface area contributed by atoms with Gasteiger partial charge in [-0.2, -0.15) is 0 Å². The normalized spacial score (nSPS) is 12.2. The standard InChI is InChI=1S/C14H23NO2/c1-5-6-7-13(15-2)12-9-8-11(16-3)10-14(12)17-4/h8-10,13,15H,5-7H2,1-4H3. The van der Waals surface area contributed by atoms with Crippen molar-refractivity contribution >= 4 is 0 Å². The predicted octanol–water partition coefficient (Wildman–Crippen LogP) is 3.15. The lowest BCUT2D eigenvalue weighted by molar-refractivity contribution is 0.383. The summed E-state index contributed by atoms with van der Waals surface area (Å²) in [6.07, 6.45) is 3.53. The molecule has 17 heavy (non-hydrogen) atoms. The first-order valence-corrected chi connectivity index (χ1v) is 6.16. The zero-order valence-electron chi connectivity index (χ0n) is 11.2. The van der Waals surface area contributed by atoms with Crippen LogP contribution in [0.1, 0.15) is 37.8 Å². The van der Waals surface area contributed by atoms with Gasteiger partial charge in [0.2, 0.25) is 0 Å². The van der Waals surface area contributed by atoms with Crippen LogP contribution >= 0.6 is 0 Å². The molecule has 1 rings (SSSR count). The zero-order chi connectivity index (χ0) is 12.7. The van der Waals surface area contributed by atoms with E-state index < -0.39 is 0 Å². The summed E-state index contributed by atoms with van der Waals surface area (Å²) in [5.41, 5.74) is 1.20. The van der Waals surface area contributed by atoms with Crippen LogP contribution in [-0.4, -0.2) is 21.3 Å². The molecular weight excluding hydrogens is 214 g/mol. The van der Waals surface area contributed by atoms with Gasteiger partial charge in [-0.15, -0.1) is 0 Å². The molecule has 0 radical (unpaired) electrons. The quantitative estimate of drug-likeness (QED) is 0.790. The fraction of sp³-hybridized carbons (Fsp3) is 0.571. The Labute approximate surface area is 104 Å². The maximum atomic E-state index is 5.43. The summed E-state index contributed by atoms with van der Waals surface area (Å²) in [5.74, 6) is 1.72. The molecule has 0 bridgehead atoms. The van der Waals surface area contributed by atoms with Crippen LogP contribution in [0, 0.1) is 0 Å². The minimum absolute atomic E-state index is 0.343. The molecule has 0 aliphatic carbocycles. The average Bonchev–Trinajstić information content (AvgIpc) is 2.39. The molecule has 96 valence electrons. The van der Waals surface area contributed by atoms with E-state index in [0.717, 1.165) is 17.9 Å². The van der Waals surface area contributed by atoms with Crippen LogP contribution in [0.25, 0.3) is 0 Å². The average molecular weight is 237 g/mol. The molecule has 1 aromatic rings. The van der Waals surface area contributed by atoms with Crippen LogP contribution in [0.15, 0.2) is 18.2 Å². The number of nitrogens with one attached hydrogen (secondary N) is 1. The minimum Gasteiger partial charge on any atom is -0.497 e. The lowest BCUT2D eigenvalue weighted by Crippen LogP contribution is -2.17. The molecule has 0 amide bonds. The van der Waals surface area contributed by atoms with Gasteiger partial charge in [-0.25, -0.2) is 0 Å². The third-order valence-corrected chi connectivity index (χ3v) is 3.01. The summed E-state index contributed by atoms with van der Waals surface area (Å²) in [7, 11) is 5.36. The summed E-state index contributed by atoms with van der Waals surface area (Å²) < 4.78 is 10.6. The Bertz CT molecular complexity index is 339. The molecule has 1 atom stereocenters. The highest BCUT2D eigenvalue weighted by Gasteiger charge is 2.14. The Morgan fingerprint density at radius 2 is 2.00 bits per heavy atom. The van der Waals surface area contributed by atoms with Crippen LogP contribution < -0.4 is 14.8 Å². The highest BCUT2D eigenvalue weighted by Crippen LogP contribution is 2.31. The lowest BCUT2D eigenvalue weighted by atomic mass is 10.00. The largest absolute Gasteiger partial charge is 0.497 e. The fourth-order valence-electron chi connectivity index (χ4n) is 1.97. The van der Waals surface area contributed by atoms with Crippen molar-refractivity contribution in [1.29, 1.82) is 0 Å². The molecular formula is C14H23NO2. The first-order chi connectivity index (χ1) is 8.26. The van der Waals surface area contributed by atoms with Gasteiger partial charge in [0.25, 0.3) is 0 Å². The third-order valence-electron chi connectivity index (χ3n) is 3.01. The summed E-state index contributed by atoms with van der Waals surface area (Å²) >= 11 is 0. The molecule has 0 fully saturated rings. The Morgan fingerprint density at radius 1 is 1.24 bits per heavy atom. The van der Waals surface area contributed by atoms with Gasteiger partial charge in [0.15, 0.2) is 0 Å². The van der Waals surface area contributed by atoms with Gasteiger partial charge < -0.3 is 14.8 Å². The van der Waals surface area contributed by atoms with Crippen LogP contribution in [0.5, 0.6) is 11.5 Å². The van der Waals surface area contributed by atoms with Crippen LogP contribution in [0.4, 0.5) is 0 Å². The summed E-state index contributed by atoms with van der Waals surface area (Å²) in [5, 5.41) is 3.34. The molecule has 1 aromatic carbocycles.